The average Bonchev–Trinajstić information content (AvgIpc) is 3.36. The first-order valence-electron chi connectivity index (χ1n) is 13.5. The van der Waals surface area contributed by atoms with E-state index in [4.69, 9.17) is 36.2 Å². The number of halogens is 1. The smallest absolute Gasteiger partial charge is 0.179 e. The third-order valence-electron chi connectivity index (χ3n) is 7.47. The second-order valence-corrected chi connectivity index (χ2v) is 10.4. The number of methoxy groups -OCH3 is 2. The van der Waals surface area contributed by atoms with Crippen LogP contribution in [0.25, 0.3) is 5.69 Å². The SMILES string of the molecule is COc1ccc(NC2=Nc3ccccc3N3C2=Nc2c(c(C)nn2-c2ccccc2)[C@H]3c2ccc(Cl)cc2)cc1OC. The maximum Gasteiger partial charge on any atom is 0.179 e. The van der Waals surface area contributed by atoms with Crippen molar-refractivity contribution in [1.29, 1.82) is 0 Å². The molecular formula is C33H27ClN6O2. The van der Waals surface area contributed by atoms with Crippen molar-refractivity contribution < 1.29 is 9.47 Å². The Morgan fingerprint density at radius 2 is 1.55 bits per heavy atom. The molecule has 0 radical (unpaired) electrons. The fourth-order valence-electron chi connectivity index (χ4n) is 5.56. The van der Waals surface area contributed by atoms with Crippen molar-refractivity contribution in [2.75, 3.05) is 24.4 Å². The molecule has 5 aromatic rings. The van der Waals surface area contributed by atoms with Crippen LogP contribution < -0.4 is 19.7 Å². The van der Waals surface area contributed by atoms with Gasteiger partial charge in [0.05, 0.1) is 43.0 Å². The topological polar surface area (TPSA) is 76.3 Å². The Hall–Kier alpha value is -5.08. The molecule has 208 valence electrons. The molecule has 1 atom stereocenters. The highest BCUT2D eigenvalue weighted by molar-refractivity contribution is 6.51. The van der Waals surface area contributed by atoms with Crippen LogP contribution >= 0.6 is 11.6 Å². The molecule has 3 heterocycles. The van der Waals surface area contributed by atoms with Crippen molar-refractivity contribution in [3.63, 3.8) is 0 Å². The van der Waals surface area contributed by atoms with Gasteiger partial charge in [0.25, 0.3) is 0 Å². The molecular weight excluding hydrogens is 548 g/mol. The first-order chi connectivity index (χ1) is 20.6. The molecule has 1 N–H and O–H groups in total. The summed E-state index contributed by atoms with van der Waals surface area (Å²) in [4.78, 5) is 12.6. The molecule has 0 unspecified atom stereocenters. The number of benzene rings is 4. The highest BCUT2D eigenvalue weighted by Crippen LogP contribution is 2.48. The van der Waals surface area contributed by atoms with Gasteiger partial charge in [-0.2, -0.15) is 5.10 Å². The Morgan fingerprint density at radius 1 is 0.810 bits per heavy atom. The number of hydrogen-bond donors (Lipinski definition) is 1. The van der Waals surface area contributed by atoms with Crippen LogP contribution in [0.5, 0.6) is 11.5 Å². The minimum Gasteiger partial charge on any atom is -0.493 e. The second kappa shape index (κ2) is 10.4. The highest BCUT2D eigenvalue weighted by atomic mass is 35.5. The number of anilines is 2. The summed E-state index contributed by atoms with van der Waals surface area (Å²) in [7, 11) is 3.24. The first-order valence-corrected chi connectivity index (χ1v) is 13.9. The van der Waals surface area contributed by atoms with Crippen LogP contribution in [0.2, 0.25) is 5.02 Å². The summed E-state index contributed by atoms with van der Waals surface area (Å²) in [5, 5.41) is 9.18. The standard InChI is InChI=1S/C33H27ClN6O2/c1-20-29-30(21-13-15-22(34)16-14-21)39-26-12-8-7-11-25(26)36-31(35-23-17-18-27(41-2)28(19-23)42-3)33(39)37-32(29)40(38-20)24-9-5-4-6-10-24/h4-19,30H,1-3H3,(H,35,36)/t30-/m1/s1. The average molecular weight is 575 g/mol. The van der Waals surface area contributed by atoms with Crippen LogP contribution in [-0.2, 0) is 0 Å². The van der Waals surface area contributed by atoms with E-state index in [9.17, 15) is 0 Å². The van der Waals surface area contributed by atoms with Gasteiger partial charge in [0.15, 0.2) is 29.0 Å². The molecule has 2 aliphatic rings. The van der Waals surface area contributed by atoms with Crippen molar-refractivity contribution in [3.8, 4) is 17.2 Å². The third-order valence-corrected chi connectivity index (χ3v) is 7.72. The largest absolute Gasteiger partial charge is 0.493 e. The summed E-state index contributed by atoms with van der Waals surface area (Å²) in [6, 6.07) is 31.6. The number of rotatable bonds is 5. The van der Waals surface area contributed by atoms with Gasteiger partial charge in [-0.3, -0.25) is 0 Å². The molecule has 2 aliphatic heterocycles. The maximum absolute atomic E-state index is 6.34. The molecule has 0 fully saturated rings. The summed E-state index contributed by atoms with van der Waals surface area (Å²) in [6.07, 6.45) is 0. The summed E-state index contributed by atoms with van der Waals surface area (Å²) in [5.74, 6) is 3.29. The van der Waals surface area contributed by atoms with Crippen molar-refractivity contribution in [1.82, 2.24) is 9.78 Å². The van der Waals surface area contributed by atoms with E-state index in [0.29, 0.717) is 28.2 Å². The lowest BCUT2D eigenvalue weighted by Crippen LogP contribution is -2.46. The van der Waals surface area contributed by atoms with Crippen LogP contribution in [0.4, 0.5) is 22.9 Å². The minimum absolute atomic E-state index is 0.235. The van der Waals surface area contributed by atoms with Gasteiger partial charge < -0.3 is 19.7 Å². The van der Waals surface area contributed by atoms with Crippen molar-refractivity contribution in [2.24, 2.45) is 9.98 Å². The molecule has 4 aromatic carbocycles. The molecule has 0 saturated heterocycles. The van der Waals surface area contributed by atoms with Crippen molar-refractivity contribution >= 4 is 46.2 Å². The van der Waals surface area contributed by atoms with Gasteiger partial charge in [0.2, 0.25) is 0 Å². The lowest BCUT2D eigenvalue weighted by Gasteiger charge is -2.40. The molecule has 8 nitrogen and oxygen atoms in total. The Kier molecular flexibility index (Phi) is 6.40. The zero-order chi connectivity index (χ0) is 28.8. The number of amidine groups is 2. The van der Waals surface area contributed by atoms with E-state index in [1.165, 1.54) is 0 Å². The summed E-state index contributed by atoms with van der Waals surface area (Å²) < 4.78 is 12.9. The quantitative estimate of drug-likeness (QED) is 0.233. The van der Waals surface area contributed by atoms with Crippen LogP contribution in [-0.4, -0.2) is 35.7 Å². The lowest BCUT2D eigenvalue weighted by molar-refractivity contribution is 0.355. The third kappa shape index (κ3) is 4.28. The Bertz CT molecular complexity index is 1860. The highest BCUT2D eigenvalue weighted by Gasteiger charge is 2.41. The molecule has 1 aromatic heterocycles. The number of para-hydroxylation sites is 3. The fraction of sp³-hybridized carbons (Fsp3) is 0.121. The van der Waals surface area contributed by atoms with Crippen LogP contribution in [0, 0.1) is 6.92 Å². The number of aromatic nitrogens is 2. The normalized spacial score (nSPS) is 15.1. The maximum atomic E-state index is 6.34. The Morgan fingerprint density at radius 3 is 2.31 bits per heavy atom. The van der Waals surface area contributed by atoms with Gasteiger partial charge in [-0.1, -0.05) is 54.1 Å². The van der Waals surface area contributed by atoms with Gasteiger partial charge in [0.1, 0.15) is 0 Å². The van der Waals surface area contributed by atoms with E-state index in [-0.39, 0.29) is 6.04 Å². The predicted molar refractivity (Wildman–Crippen MR) is 168 cm³/mol. The van der Waals surface area contributed by atoms with E-state index in [1.54, 1.807) is 14.2 Å². The number of aliphatic imine (C=N–C) groups is 2. The molecule has 0 bridgehead atoms. The number of nitrogens with one attached hydrogen (secondary N) is 1. The molecule has 9 heteroatoms. The Labute approximate surface area is 248 Å². The second-order valence-electron chi connectivity index (χ2n) is 9.97. The molecule has 0 amide bonds. The van der Waals surface area contributed by atoms with Crippen molar-refractivity contribution in [2.45, 2.75) is 13.0 Å². The van der Waals surface area contributed by atoms with Gasteiger partial charge in [-0.25, -0.2) is 14.7 Å². The lowest BCUT2D eigenvalue weighted by atomic mass is 9.93. The predicted octanol–water partition coefficient (Wildman–Crippen LogP) is 7.65. The summed E-state index contributed by atoms with van der Waals surface area (Å²) in [6.45, 7) is 2.04. The van der Waals surface area contributed by atoms with E-state index in [1.807, 2.05) is 90.5 Å². The Balaban J connectivity index is 1.46. The van der Waals surface area contributed by atoms with E-state index < -0.39 is 0 Å². The number of ether oxygens (including phenoxy) is 2. The fourth-order valence-corrected chi connectivity index (χ4v) is 5.68. The van der Waals surface area contributed by atoms with E-state index >= 15 is 0 Å². The number of nitrogens with zero attached hydrogens (tertiary/aromatic N) is 5. The van der Waals surface area contributed by atoms with Crippen LogP contribution in [0.1, 0.15) is 22.9 Å². The van der Waals surface area contributed by atoms with Gasteiger partial charge in [0, 0.05) is 22.3 Å². The molecule has 0 saturated carbocycles. The zero-order valence-electron chi connectivity index (χ0n) is 23.2. The van der Waals surface area contributed by atoms with Crippen LogP contribution in [0.15, 0.2) is 107 Å². The number of hydrogen-bond acceptors (Lipinski definition) is 7. The summed E-state index contributed by atoms with van der Waals surface area (Å²) >= 11 is 6.34. The molecule has 0 spiro atoms. The minimum atomic E-state index is -0.235. The van der Waals surface area contributed by atoms with Gasteiger partial charge in [-0.15, -0.1) is 0 Å². The first kappa shape index (κ1) is 25.9. The monoisotopic (exact) mass is 574 g/mol. The van der Waals surface area contributed by atoms with Crippen molar-refractivity contribution in [3.05, 3.63) is 119 Å². The van der Waals surface area contributed by atoms with Gasteiger partial charge >= 0.3 is 0 Å². The molecule has 7 rings (SSSR count). The molecule has 42 heavy (non-hydrogen) atoms. The van der Waals surface area contributed by atoms with E-state index in [0.717, 1.165) is 45.4 Å². The van der Waals surface area contributed by atoms with Crippen LogP contribution in [0.3, 0.4) is 0 Å². The number of fused-ring (bicyclic) bond motifs is 4. The summed E-state index contributed by atoms with van der Waals surface area (Å²) in [5.41, 5.74) is 6.47. The molecule has 0 aliphatic carbocycles. The number of aryl methyl sites for hydroxylation is 1. The zero-order valence-corrected chi connectivity index (χ0v) is 24.0. The van der Waals surface area contributed by atoms with Gasteiger partial charge in [-0.05, 0) is 61.0 Å². The van der Waals surface area contributed by atoms with E-state index in [2.05, 4.69) is 28.4 Å².